The van der Waals surface area contributed by atoms with Gasteiger partial charge < -0.3 is 0 Å². The fourth-order valence-electron chi connectivity index (χ4n) is 1.97. The quantitative estimate of drug-likeness (QED) is 0.512. The Morgan fingerprint density at radius 1 is 1.24 bits per heavy atom. The summed E-state index contributed by atoms with van der Waals surface area (Å²) < 4.78 is -0.448. The second-order valence-electron chi connectivity index (χ2n) is 3.76. The fourth-order valence-corrected chi connectivity index (χ4v) is 3.41. The van der Waals surface area contributed by atoms with Gasteiger partial charge in [-0.15, -0.1) is 0 Å². The van der Waals surface area contributed by atoms with E-state index in [2.05, 4.69) is 42.9 Å². The lowest BCUT2D eigenvalue weighted by Gasteiger charge is -2.28. The Labute approximate surface area is 121 Å². The van der Waals surface area contributed by atoms with E-state index in [0.29, 0.717) is 11.3 Å². The van der Waals surface area contributed by atoms with E-state index in [1.165, 1.54) is 0 Å². The van der Waals surface area contributed by atoms with Crippen LogP contribution in [0.4, 0.5) is 0 Å². The molecular weight excluding hydrogens is 369 g/mol. The Bertz CT molecular complexity index is 570. The summed E-state index contributed by atoms with van der Waals surface area (Å²) >= 11 is 13.0. The van der Waals surface area contributed by atoms with Crippen LogP contribution in [0.2, 0.25) is 5.15 Å². The molecule has 3 nitrogen and oxygen atoms in total. The summed E-state index contributed by atoms with van der Waals surface area (Å²) in [5, 5.41) is 18.3. The zero-order chi connectivity index (χ0) is 12.6. The molecule has 0 saturated carbocycles. The Morgan fingerprint density at radius 2 is 1.88 bits per heavy atom. The first-order chi connectivity index (χ1) is 8.01. The van der Waals surface area contributed by atoms with Crippen LogP contribution in [-0.2, 0) is 9.65 Å². The number of fused-ring (bicyclic) bond motifs is 1. The van der Waals surface area contributed by atoms with E-state index in [1.54, 1.807) is 0 Å². The molecule has 1 aromatic heterocycles. The standard InChI is InChI=1S/C11H6Br2ClN3/c12-11(13)3-1-2-6-7(4-15)8(5-16)10(14)17-9(6)11/h1-3H2. The molecule has 1 aliphatic rings. The minimum atomic E-state index is -0.448. The molecule has 0 atom stereocenters. The lowest BCUT2D eigenvalue weighted by Crippen LogP contribution is -2.21. The normalized spacial score (nSPS) is 16.8. The first kappa shape index (κ1) is 12.8. The van der Waals surface area contributed by atoms with E-state index >= 15 is 0 Å². The highest BCUT2D eigenvalue weighted by molar-refractivity contribution is 9.24. The summed E-state index contributed by atoms with van der Waals surface area (Å²) in [7, 11) is 0. The van der Waals surface area contributed by atoms with Crippen molar-refractivity contribution in [1.82, 2.24) is 4.98 Å². The average molecular weight is 375 g/mol. The predicted octanol–water partition coefficient (Wildman–Crippen LogP) is 3.76. The molecule has 0 aliphatic heterocycles. The number of aromatic nitrogens is 1. The van der Waals surface area contributed by atoms with Gasteiger partial charge in [0.25, 0.3) is 0 Å². The van der Waals surface area contributed by atoms with Gasteiger partial charge in [-0.1, -0.05) is 43.5 Å². The number of alkyl halides is 2. The smallest absolute Gasteiger partial charge is 0.148 e. The van der Waals surface area contributed by atoms with Crippen molar-refractivity contribution in [3.8, 4) is 12.1 Å². The van der Waals surface area contributed by atoms with Gasteiger partial charge in [-0.2, -0.15) is 10.5 Å². The molecule has 17 heavy (non-hydrogen) atoms. The van der Waals surface area contributed by atoms with Gasteiger partial charge in [0.2, 0.25) is 0 Å². The molecule has 0 spiro atoms. The number of hydrogen-bond donors (Lipinski definition) is 0. The second kappa shape index (κ2) is 4.57. The second-order valence-corrected chi connectivity index (χ2v) is 7.89. The van der Waals surface area contributed by atoms with Gasteiger partial charge in [-0.3, -0.25) is 0 Å². The highest BCUT2D eigenvalue weighted by Gasteiger charge is 2.36. The van der Waals surface area contributed by atoms with Crippen LogP contribution in [0.1, 0.15) is 35.2 Å². The monoisotopic (exact) mass is 373 g/mol. The van der Waals surface area contributed by atoms with Crippen molar-refractivity contribution in [3.63, 3.8) is 0 Å². The predicted molar refractivity (Wildman–Crippen MR) is 71.1 cm³/mol. The topological polar surface area (TPSA) is 60.5 Å². The Morgan fingerprint density at radius 3 is 2.47 bits per heavy atom. The van der Waals surface area contributed by atoms with Crippen LogP contribution in [0.15, 0.2) is 0 Å². The molecule has 1 heterocycles. The first-order valence-corrected chi connectivity index (χ1v) is 6.88. The Hall–Kier alpha value is -0.620. The lowest BCUT2D eigenvalue weighted by molar-refractivity contribution is 0.637. The molecular formula is C11H6Br2ClN3. The zero-order valence-corrected chi connectivity index (χ0v) is 12.5. The first-order valence-electron chi connectivity index (χ1n) is 4.92. The van der Waals surface area contributed by atoms with Gasteiger partial charge in [-0.25, -0.2) is 4.98 Å². The summed E-state index contributed by atoms with van der Waals surface area (Å²) in [6.07, 6.45) is 2.53. The maximum Gasteiger partial charge on any atom is 0.148 e. The zero-order valence-electron chi connectivity index (χ0n) is 8.60. The minimum absolute atomic E-state index is 0.0907. The molecule has 86 valence electrons. The summed E-state index contributed by atoms with van der Waals surface area (Å²) in [5.41, 5.74) is 2.05. The van der Waals surface area contributed by atoms with E-state index in [0.717, 1.165) is 24.8 Å². The largest absolute Gasteiger partial charge is 0.237 e. The van der Waals surface area contributed by atoms with Crippen LogP contribution >= 0.6 is 43.5 Å². The van der Waals surface area contributed by atoms with Crippen molar-refractivity contribution in [2.24, 2.45) is 0 Å². The summed E-state index contributed by atoms with van der Waals surface area (Å²) in [6.45, 7) is 0. The maximum absolute atomic E-state index is 9.18. The van der Waals surface area contributed by atoms with Crippen molar-refractivity contribution >= 4 is 43.5 Å². The number of nitriles is 2. The van der Waals surface area contributed by atoms with Crippen LogP contribution < -0.4 is 0 Å². The van der Waals surface area contributed by atoms with Crippen LogP contribution in [0.3, 0.4) is 0 Å². The van der Waals surface area contributed by atoms with Gasteiger partial charge in [-0.05, 0) is 24.8 Å². The highest BCUT2D eigenvalue weighted by Crippen LogP contribution is 2.48. The molecule has 0 fully saturated rings. The van der Waals surface area contributed by atoms with Crippen LogP contribution in [-0.4, -0.2) is 4.98 Å². The molecule has 1 aromatic rings. The average Bonchev–Trinajstić information content (AvgIpc) is 2.28. The number of pyridine rings is 1. The minimum Gasteiger partial charge on any atom is -0.237 e. The van der Waals surface area contributed by atoms with E-state index < -0.39 is 3.23 Å². The number of halogens is 3. The van der Waals surface area contributed by atoms with Crippen molar-refractivity contribution in [3.05, 3.63) is 27.5 Å². The Kier molecular flexibility index (Phi) is 3.45. The third-order valence-corrected chi connectivity index (χ3v) is 4.56. The maximum atomic E-state index is 9.18. The van der Waals surface area contributed by atoms with E-state index in [-0.39, 0.29) is 10.7 Å². The van der Waals surface area contributed by atoms with Gasteiger partial charge in [0.05, 0.1) is 11.3 Å². The molecule has 1 aliphatic carbocycles. The van der Waals surface area contributed by atoms with Crippen molar-refractivity contribution < 1.29 is 0 Å². The molecule has 0 bridgehead atoms. The van der Waals surface area contributed by atoms with Gasteiger partial charge in [0.15, 0.2) is 0 Å². The molecule has 0 radical (unpaired) electrons. The molecule has 0 amide bonds. The summed E-state index contributed by atoms with van der Waals surface area (Å²) in [6, 6.07) is 4.01. The molecule has 0 aromatic carbocycles. The van der Waals surface area contributed by atoms with E-state index in [1.807, 2.05) is 6.07 Å². The third kappa shape index (κ3) is 2.08. The number of hydrogen-bond acceptors (Lipinski definition) is 3. The van der Waals surface area contributed by atoms with Crippen molar-refractivity contribution in [1.29, 1.82) is 10.5 Å². The Balaban J connectivity index is 2.81. The van der Waals surface area contributed by atoms with E-state index in [9.17, 15) is 5.26 Å². The van der Waals surface area contributed by atoms with Crippen molar-refractivity contribution in [2.75, 3.05) is 0 Å². The SMILES string of the molecule is N#Cc1c(Cl)nc2c(c1C#N)CCCC2(Br)Br. The van der Waals surface area contributed by atoms with Crippen LogP contribution in [0.25, 0.3) is 0 Å². The lowest BCUT2D eigenvalue weighted by atomic mass is 9.90. The number of nitrogens with zero attached hydrogens (tertiary/aromatic N) is 3. The fraction of sp³-hybridized carbons (Fsp3) is 0.364. The van der Waals surface area contributed by atoms with Crippen LogP contribution in [0.5, 0.6) is 0 Å². The molecule has 0 N–H and O–H groups in total. The van der Waals surface area contributed by atoms with Crippen molar-refractivity contribution in [2.45, 2.75) is 22.5 Å². The van der Waals surface area contributed by atoms with Crippen LogP contribution in [0, 0.1) is 22.7 Å². The van der Waals surface area contributed by atoms with E-state index in [4.69, 9.17) is 16.9 Å². The highest BCUT2D eigenvalue weighted by atomic mass is 79.9. The third-order valence-electron chi connectivity index (χ3n) is 2.74. The molecule has 6 heteroatoms. The van der Waals surface area contributed by atoms with Gasteiger partial charge in [0.1, 0.15) is 26.1 Å². The van der Waals surface area contributed by atoms with Gasteiger partial charge in [0, 0.05) is 0 Å². The molecule has 2 rings (SSSR count). The van der Waals surface area contributed by atoms with Gasteiger partial charge >= 0.3 is 0 Å². The molecule has 0 unspecified atom stereocenters. The summed E-state index contributed by atoms with van der Waals surface area (Å²) in [4.78, 5) is 4.24. The summed E-state index contributed by atoms with van der Waals surface area (Å²) in [5.74, 6) is 0. The number of rotatable bonds is 0. The molecule has 0 saturated heterocycles.